The molecule has 0 aliphatic heterocycles. The summed E-state index contributed by atoms with van der Waals surface area (Å²) in [5.74, 6) is -0.293. The molecule has 0 saturated heterocycles. The standard InChI is InChI=1S/C9H11F3N2OS/c1-6-4-16-8(14-6)2-7(15)3-13-5-9(10,11)12/h4,13H,2-3,5H2,1H3. The fraction of sp³-hybridized carbons (Fsp3) is 0.556. The Labute approximate surface area is 94.7 Å². The minimum Gasteiger partial charge on any atom is -0.302 e. The van der Waals surface area contributed by atoms with Gasteiger partial charge in [-0.15, -0.1) is 11.3 Å². The predicted molar refractivity (Wildman–Crippen MR) is 54.5 cm³/mol. The molecule has 0 saturated carbocycles. The van der Waals surface area contributed by atoms with Crippen LogP contribution in [0.4, 0.5) is 13.2 Å². The fourth-order valence-electron chi connectivity index (χ4n) is 1.06. The van der Waals surface area contributed by atoms with E-state index in [0.29, 0.717) is 5.01 Å². The third-order valence-electron chi connectivity index (χ3n) is 1.66. The summed E-state index contributed by atoms with van der Waals surface area (Å²) in [6.45, 7) is 0.375. The molecule has 0 aliphatic carbocycles. The van der Waals surface area contributed by atoms with E-state index in [-0.39, 0.29) is 18.7 Å². The number of nitrogens with zero attached hydrogens (tertiary/aromatic N) is 1. The maximum atomic E-state index is 11.8. The highest BCUT2D eigenvalue weighted by atomic mass is 32.1. The van der Waals surface area contributed by atoms with Gasteiger partial charge in [0.2, 0.25) is 0 Å². The first kappa shape index (κ1) is 13.1. The van der Waals surface area contributed by atoms with Crippen LogP contribution in [-0.2, 0) is 11.2 Å². The predicted octanol–water partition coefficient (Wildman–Crippen LogP) is 1.72. The number of carbonyl (C=O) groups is 1. The Kier molecular flexibility index (Phi) is 4.43. The number of aryl methyl sites for hydroxylation is 1. The van der Waals surface area contributed by atoms with Gasteiger partial charge in [0.25, 0.3) is 0 Å². The SMILES string of the molecule is Cc1csc(CC(=O)CNCC(F)(F)F)n1. The number of hydrogen-bond donors (Lipinski definition) is 1. The fourth-order valence-corrected chi connectivity index (χ4v) is 1.86. The van der Waals surface area contributed by atoms with E-state index >= 15 is 0 Å². The first-order valence-electron chi connectivity index (χ1n) is 4.57. The van der Waals surface area contributed by atoms with Gasteiger partial charge in [0.05, 0.1) is 19.5 Å². The lowest BCUT2D eigenvalue weighted by atomic mass is 10.3. The zero-order valence-electron chi connectivity index (χ0n) is 8.60. The summed E-state index contributed by atoms with van der Waals surface area (Å²) in [6.07, 6.45) is -4.19. The number of alkyl halides is 3. The summed E-state index contributed by atoms with van der Waals surface area (Å²) in [7, 11) is 0. The van der Waals surface area contributed by atoms with E-state index in [4.69, 9.17) is 0 Å². The average molecular weight is 252 g/mol. The summed E-state index contributed by atoms with van der Waals surface area (Å²) >= 11 is 1.33. The Hall–Kier alpha value is -0.950. The smallest absolute Gasteiger partial charge is 0.302 e. The molecule has 0 bridgehead atoms. The molecule has 1 heterocycles. The van der Waals surface area contributed by atoms with Crippen LogP contribution in [0.5, 0.6) is 0 Å². The number of nitrogens with one attached hydrogen (secondary N) is 1. The third kappa shape index (κ3) is 5.22. The lowest BCUT2D eigenvalue weighted by Gasteiger charge is -2.06. The Bertz CT molecular complexity index is 362. The summed E-state index contributed by atoms with van der Waals surface area (Å²) in [4.78, 5) is 15.3. The largest absolute Gasteiger partial charge is 0.401 e. The van der Waals surface area contributed by atoms with Crippen molar-refractivity contribution in [1.29, 1.82) is 0 Å². The summed E-state index contributed by atoms with van der Waals surface area (Å²) in [5.41, 5.74) is 0.816. The van der Waals surface area contributed by atoms with Crippen LogP contribution >= 0.6 is 11.3 Å². The summed E-state index contributed by atoms with van der Waals surface area (Å²) in [6, 6.07) is 0. The van der Waals surface area contributed by atoms with Gasteiger partial charge in [-0.2, -0.15) is 13.2 Å². The van der Waals surface area contributed by atoms with Crippen molar-refractivity contribution < 1.29 is 18.0 Å². The van der Waals surface area contributed by atoms with Crippen LogP contribution in [0.25, 0.3) is 0 Å². The van der Waals surface area contributed by atoms with Crippen molar-refractivity contribution >= 4 is 17.1 Å². The molecule has 0 radical (unpaired) electrons. The van der Waals surface area contributed by atoms with E-state index in [9.17, 15) is 18.0 Å². The summed E-state index contributed by atoms with van der Waals surface area (Å²) in [5, 5.41) is 4.49. The molecule has 0 fully saturated rings. The maximum Gasteiger partial charge on any atom is 0.401 e. The lowest BCUT2D eigenvalue weighted by molar-refractivity contribution is -0.127. The van der Waals surface area contributed by atoms with Crippen LogP contribution in [0.3, 0.4) is 0 Å². The average Bonchev–Trinajstić information content (AvgIpc) is 2.48. The zero-order valence-corrected chi connectivity index (χ0v) is 9.41. The van der Waals surface area contributed by atoms with Crippen molar-refractivity contribution in [3.63, 3.8) is 0 Å². The van der Waals surface area contributed by atoms with Crippen LogP contribution < -0.4 is 5.32 Å². The summed E-state index contributed by atoms with van der Waals surface area (Å²) < 4.78 is 35.3. The highest BCUT2D eigenvalue weighted by Crippen LogP contribution is 2.12. The molecule has 1 aromatic rings. The van der Waals surface area contributed by atoms with Gasteiger partial charge in [-0.3, -0.25) is 4.79 Å². The second-order valence-electron chi connectivity index (χ2n) is 3.32. The minimum absolute atomic E-state index is 0.0867. The zero-order chi connectivity index (χ0) is 12.2. The van der Waals surface area contributed by atoms with Gasteiger partial charge in [0, 0.05) is 11.1 Å². The highest BCUT2D eigenvalue weighted by molar-refractivity contribution is 7.09. The number of thiazole rings is 1. The molecule has 1 rings (SSSR count). The van der Waals surface area contributed by atoms with E-state index in [1.54, 1.807) is 12.3 Å². The van der Waals surface area contributed by atoms with Crippen molar-refractivity contribution in [2.75, 3.05) is 13.1 Å². The molecular weight excluding hydrogens is 241 g/mol. The number of rotatable bonds is 5. The van der Waals surface area contributed by atoms with Crippen LogP contribution in [-0.4, -0.2) is 30.0 Å². The van der Waals surface area contributed by atoms with E-state index in [0.717, 1.165) is 5.69 Å². The first-order chi connectivity index (χ1) is 7.37. The molecular formula is C9H11F3N2OS. The van der Waals surface area contributed by atoms with E-state index in [2.05, 4.69) is 10.3 Å². The molecule has 3 nitrogen and oxygen atoms in total. The van der Waals surface area contributed by atoms with Gasteiger partial charge in [-0.05, 0) is 6.92 Å². The van der Waals surface area contributed by atoms with Crippen molar-refractivity contribution in [3.05, 3.63) is 16.1 Å². The van der Waals surface area contributed by atoms with Crippen molar-refractivity contribution in [2.45, 2.75) is 19.5 Å². The Morgan fingerprint density at radius 1 is 1.56 bits per heavy atom. The molecule has 0 unspecified atom stereocenters. The molecule has 0 spiro atoms. The molecule has 0 aliphatic rings. The maximum absolute atomic E-state index is 11.8. The van der Waals surface area contributed by atoms with Crippen molar-refractivity contribution in [3.8, 4) is 0 Å². The van der Waals surface area contributed by atoms with Crippen LogP contribution in [0.2, 0.25) is 0 Å². The number of hydrogen-bond acceptors (Lipinski definition) is 4. The molecule has 90 valence electrons. The van der Waals surface area contributed by atoms with E-state index in [1.807, 2.05) is 0 Å². The monoisotopic (exact) mass is 252 g/mol. The Morgan fingerprint density at radius 2 is 2.25 bits per heavy atom. The van der Waals surface area contributed by atoms with E-state index < -0.39 is 12.7 Å². The number of Topliss-reactive ketones (excluding diaryl/α,β-unsaturated/α-hetero) is 1. The van der Waals surface area contributed by atoms with Crippen molar-refractivity contribution in [2.24, 2.45) is 0 Å². The molecule has 16 heavy (non-hydrogen) atoms. The second-order valence-corrected chi connectivity index (χ2v) is 4.26. The Morgan fingerprint density at radius 3 is 2.75 bits per heavy atom. The lowest BCUT2D eigenvalue weighted by Crippen LogP contribution is -2.33. The van der Waals surface area contributed by atoms with Gasteiger partial charge < -0.3 is 5.32 Å². The van der Waals surface area contributed by atoms with Crippen LogP contribution in [0.15, 0.2) is 5.38 Å². The number of carbonyl (C=O) groups excluding carboxylic acids is 1. The molecule has 7 heteroatoms. The molecule has 0 amide bonds. The molecule has 1 N–H and O–H groups in total. The first-order valence-corrected chi connectivity index (χ1v) is 5.45. The van der Waals surface area contributed by atoms with Gasteiger partial charge in [0.1, 0.15) is 5.01 Å². The van der Waals surface area contributed by atoms with Crippen molar-refractivity contribution in [1.82, 2.24) is 10.3 Å². The molecule has 0 atom stereocenters. The molecule has 0 aromatic carbocycles. The highest BCUT2D eigenvalue weighted by Gasteiger charge is 2.26. The van der Waals surface area contributed by atoms with Gasteiger partial charge >= 0.3 is 6.18 Å². The Balaban J connectivity index is 2.26. The third-order valence-corrected chi connectivity index (χ3v) is 2.63. The van der Waals surface area contributed by atoms with Crippen LogP contribution in [0.1, 0.15) is 10.7 Å². The number of aromatic nitrogens is 1. The van der Waals surface area contributed by atoms with Gasteiger partial charge in [-0.1, -0.05) is 0 Å². The topological polar surface area (TPSA) is 42.0 Å². The van der Waals surface area contributed by atoms with E-state index in [1.165, 1.54) is 11.3 Å². The normalized spacial score (nSPS) is 11.8. The van der Waals surface area contributed by atoms with Gasteiger partial charge in [0.15, 0.2) is 5.78 Å². The van der Waals surface area contributed by atoms with Crippen LogP contribution in [0, 0.1) is 6.92 Å². The minimum atomic E-state index is -4.28. The van der Waals surface area contributed by atoms with Gasteiger partial charge in [-0.25, -0.2) is 4.98 Å². The molecule has 1 aromatic heterocycles. The quantitative estimate of drug-likeness (QED) is 0.867. The second kappa shape index (κ2) is 5.40. The number of halogens is 3. The number of ketones is 1.